The van der Waals surface area contributed by atoms with Crippen LogP contribution in [0.5, 0.6) is 0 Å². The highest BCUT2D eigenvalue weighted by molar-refractivity contribution is 5.51. The van der Waals surface area contributed by atoms with Gasteiger partial charge in [-0.15, -0.1) is 10.2 Å². The first-order valence-electron chi connectivity index (χ1n) is 5.83. The van der Waals surface area contributed by atoms with E-state index in [1.54, 1.807) is 14.2 Å². The zero-order valence-electron chi connectivity index (χ0n) is 10.6. The fraction of sp³-hybridized carbons (Fsp3) is 0.417. The molecule has 0 saturated carbocycles. The molecular weight excluding hydrogens is 230 g/mol. The number of ether oxygens (including phenoxy) is 1. The molecule has 6 nitrogen and oxygen atoms in total. The van der Waals surface area contributed by atoms with Crippen LogP contribution >= 0.6 is 0 Å². The van der Waals surface area contributed by atoms with Crippen LogP contribution in [0.25, 0.3) is 0 Å². The van der Waals surface area contributed by atoms with Crippen LogP contribution in [0.4, 0.5) is 5.69 Å². The van der Waals surface area contributed by atoms with Crippen molar-refractivity contribution in [2.24, 2.45) is 7.05 Å². The van der Waals surface area contributed by atoms with Crippen molar-refractivity contribution in [3.05, 3.63) is 35.7 Å². The Morgan fingerprint density at radius 3 is 2.89 bits per heavy atom. The van der Waals surface area contributed by atoms with Crippen LogP contribution in [0.2, 0.25) is 0 Å². The van der Waals surface area contributed by atoms with Gasteiger partial charge in [0, 0.05) is 12.8 Å². The Morgan fingerprint density at radius 2 is 2.17 bits per heavy atom. The molecule has 0 aliphatic rings. The van der Waals surface area contributed by atoms with Gasteiger partial charge in [0.25, 0.3) is 0 Å². The monoisotopic (exact) mass is 247 g/mol. The normalized spacial score (nSPS) is 10.6. The van der Waals surface area contributed by atoms with E-state index in [4.69, 9.17) is 4.74 Å². The summed E-state index contributed by atoms with van der Waals surface area (Å²) in [4.78, 5) is 1.45. The summed E-state index contributed by atoms with van der Waals surface area (Å²) in [6.45, 7) is 1.28. The third-order valence-electron chi connectivity index (χ3n) is 2.58. The standard InChI is InChI=1S/C12H17N5O/c1-17-15-12(14-16-17)9-13-11-6-4-3-5-10(11)7-8-18-2/h3-6,13H,7-9H2,1-2H3. The molecule has 0 amide bonds. The van der Waals surface area contributed by atoms with Gasteiger partial charge in [-0.05, 0) is 23.3 Å². The van der Waals surface area contributed by atoms with E-state index < -0.39 is 0 Å². The summed E-state index contributed by atoms with van der Waals surface area (Å²) < 4.78 is 5.10. The number of nitrogens with one attached hydrogen (secondary N) is 1. The quantitative estimate of drug-likeness (QED) is 0.825. The molecule has 96 valence electrons. The minimum Gasteiger partial charge on any atom is -0.384 e. The first-order chi connectivity index (χ1) is 8.79. The van der Waals surface area contributed by atoms with E-state index in [2.05, 4.69) is 26.8 Å². The van der Waals surface area contributed by atoms with Gasteiger partial charge in [0.15, 0.2) is 5.82 Å². The minimum atomic E-state index is 0.567. The predicted octanol–water partition coefficient (Wildman–Crippen LogP) is 1.01. The minimum absolute atomic E-state index is 0.567. The summed E-state index contributed by atoms with van der Waals surface area (Å²) in [7, 11) is 3.46. The van der Waals surface area contributed by atoms with E-state index in [0.29, 0.717) is 19.0 Å². The lowest BCUT2D eigenvalue weighted by Crippen LogP contribution is -2.05. The number of benzene rings is 1. The van der Waals surface area contributed by atoms with Crippen molar-refractivity contribution in [3.63, 3.8) is 0 Å². The number of aromatic nitrogens is 4. The summed E-state index contributed by atoms with van der Waals surface area (Å²) in [6, 6.07) is 8.16. The Bertz CT molecular complexity index is 497. The van der Waals surface area contributed by atoms with Crippen molar-refractivity contribution in [2.45, 2.75) is 13.0 Å². The van der Waals surface area contributed by atoms with Crippen LogP contribution in [-0.2, 0) is 24.8 Å². The third-order valence-corrected chi connectivity index (χ3v) is 2.58. The Kier molecular flexibility index (Phi) is 4.25. The molecule has 0 atom stereocenters. The SMILES string of the molecule is COCCc1ccccc1NCc1nnn(C)n1. The molecule has 6 heteroatoms. The molecule has 0 saturated heterocycles. The number of anilines is 1. The second-order valence-electron chi connectivity index (χ2n) is 3.95. The third kappa shape index (κ3) is 3.27. The number of methoxy groups -OCH3 is 1. The van der Waals surface area contributed by atoms with Crippen LogP contribution in [0.1, 0.15) is 11.4 Å². The number of tetrazole rings is 1. The molecule has 0 fully saturated rings. The molecular formula is C12H17N5O. The zero-order valence-corrected chi connectivity index (χ0v) is 10.6. The fourth-order valence-electron chi connectivity index (χ4n) is 1.69. The average molecular weight is 247 g/mol. The Labute approximate surface area is 106 Å². The molecule has 1 aromatic carbocycles. The number of nitrogens with zero attached hydrogens (tertiary/aromatic N) is 4. The fourth-order valence-corrected chi connectivity index (χ4v) is 1.69. The van der Waals surface area contributed by atoms with E-state index in [0.717, 1.165) is 12.1 Å². The summed E-state index contributed by atoms with van der Waals surface area (Å²) >= 11 is 0. The summed E-state index contributed by atoms with van der Waals surface area (Å²) in [5, 5.41) is 15.2. The lowest BCUT2D eigenvalue weighted by atomic mass is 10.1. The van der Waals surface area contributed by atoms with Crippen molar-refractivity contribution >= 4 is 5.69 Å². The highest BCUT2D eigenvalue weighted by Crippen LogP contribution is 2.16. The van der Waals surface area contributed by atoms with Gasteiger partial charge in [-0.1, -0.05) is 18.2 Å². The highest BCUT2D eigenvalue weighted by atomic mass is 16.5. The van der Waals surface area contributed by atoms with E-state index in [1.807, 2.05) is 18.2 Å². The van der Waals surface area contributed by atoms with Gasteiger partial charge in [0.1, 0.15) is 0 Å². The summed E-state index contributed by atoms with van der Waals surface area (Å²) in [6.07, 6.45) is 0.883. The summed E-state index contributed by atoms with van der Waals surface area (Å²) in [5.41, 5.74) is 2.31. The van der Waals surface area contributed by atoms with Gasteiger partial charge in [0.2, 0.25) is 0 Å². The Balaban J connectivity index is 1.99. The number of hydrogen-bond acceptors (Lipinski definition) is 5. The lowest BCUT2D eigenvalue weighted by molar-refractivity contribution is 0.202. The molecule has 0 aliphatic carbocycles. The average Bonchev–Trinajstić information content (AvgIpc) is 2.81. The van der Waals surface area contributed by atoms with Gasteiger partial charge in [-0.25, -0.2) is 0 Å². The van der Waals surface area contributed by atoms with Gasteiger partial charge >= 0.3 is 0 Å². The summed E-state index contributed by atoms with van der Waals surface area (Å²) in [5.74, 6) is 0.680. The second kappa shape index (κ2) is 6.11. The Hall–Kier alpha value is -1.95. The largest absolute Gasteiger partial charge is 0.384 e. The maximum Gasteiger partial charge on any atom is 0.193 e. The number of aryl methyl sites for hydroxylation is 1. The van der Waals surface area contributed by atoms with Crippen LogP contribution in [-0.4, -0.2) is 33.9 Å². The van der Waals surface area contributed by atoms with E-state index in [-0.39, 0.29) is 0 Å². The predicted molar refractivity (Wildman–Crippen MR) is 68.1 cm³/mol. The maximum absolute atomic E-state index is 5.10. The number of hydrogen-bond donors (Lipinski definition) is 1. The molecule has 2 aromatic rings. The number of para-hydroxylation sites is 1. The zero-order chi connectivity index (χ0) is 12.8. The van der Waals surface area contributed by atoms with Gasteiger partial charge in [-0.3, -0.25) is 0 Å². The molecule has 0 aliphatic heterocycles. The molecule has 1 heterocycles. The lowest BCUT2D eigenvalue weighted by Gasteiger charge is -2.10. The van der Waals surface area contributed by atoms with E-state index in [9.17, 15) is 0 Å². The van der Waals surface area contributed by atoms with Crippen LogP contribution in [0, 0.1) is 0 Å². The van der Waals surface area contributed by atoms with Crippen molar-refractivity contribution in [3.8, 4) is 0 Å². The van der Waals surface area contributed by atoms with Crippen molar-refractivity contribution in [1.29, 1.82) is 0 Å². The molecule has 0 radical (unpaired) electrons. The van der Waals surface area contributed by atoms with Crippen LogP contribution < -0.4 is 5.32 Å². The first kappa shape index (κ1) is 12.5. The highest BCUT2D eigenvalue weighted by Gasteiger charge is 2.03. The molecule has 18 heavy (non-hydrogen) atoms. The molecule has 0 spiro atoms. The van der Waals surface area contributed by atoms with Crippen molar-refractivity contribution in [1.82, 2.24) is 20.2 Å². The van der Waals surface area contributed by atoms with E-state index in [1.165, 1.54) is 10.4 Å². The van der Waals surface area contributed by atoms with Crippen LogP contribution in [0.15, 0.2) is 24.3 Å². The van der Waals surface area contributed by atoms with Gasteiger partial charge < -0.3 is 10.1 Å². The molecule has 0 unspecified atom stereocenters. The maximum atomic E-state index is 5.10. The number of rotatable bonds is 6. The van der Waals surface area contributed by atoms with Crippen molar-refractivity contribution < 1.29 is 4.74 Å². The molecule has 2 rings (SSSR count). The smallest absolute Gasteiger partial charge is 0.193 e. The molecule has 1 N–H and O–H groups in total. The van der Waals surface area contributed by atoms with E-state index >= 15 is 0 Å². The Morgan fingerprint density at radius 1 is 1.33 bits per heavy atom. The topological polar surface area (TPSA) is 64.9 Å². The first-order valence-corrected chi connectivity index (χ1v) is 5.83. The van der Waals surface area contributed by atoms with Crippen LogP contribution in [0.3, 0.4) is 0 Å². The molecule has 1 aromatic heterocycles. The second-order valence-corrected chi connectivity index (χ2v) is 3.95. The molecule has 0 bridgehead atoms. The van der Waals surface area contributed by atoms with Crippen molar-refractivity contribution in [2.75, 3.05) is 19.0 Å². The van der Waals surface area contributed by atoms with Gasteiger partial charge in [0.05, 0.1) is 20.2 Å². The van der Waals surface area contributed by atoms with Gasteiger partial charge in [-0.2, -0.15) is 4.80 Å².